The Bertz CT molecular complexity index is 2590. The first-order valence-corrected chi connectivity index (χ1v) is 24.2. The third kappa shape index (κ3) is 8.93. The van der Waals surface area contributed by atoms with Gasteiger partial charge >= 0.3 is 0 Å². The van der Waals surface area contributed by atoms with Crippen molar-refractivity contribution in [3.8, 4) is 11.5 Å². The lowest BCUT2D eigenvalue weighted by atomic mass is 9.80. The molecule has 2 aromatic heterocycles. The van der Waals surface area contributed by atoms with Crippen molar-refractivity contribution in [1.82, 2.24) is 24.5 Å². The third-order valence-corrected chi connectivity index (χ3v) is 15.5. The summed E-state index contributed by atoms with van der Waals surface area (Å²) in [5.74, 6) is 0.963. The monoisotopic (exact) mass is 873 g/mol. The Labute approximate surface area is 367 Å². The lowest BCUT2D eigenvalue weighted by Crippen LogP contribution is -2.62. The fraction of sp³-hybridized carbons (Fsp3) is 0.458. The molecule has 2 aliphatic carbocycles. The molecule has 5 fully saturated rings. The number of aromatic amines is 1. The van der Waals surface area contributed by atoms with E-state index < -0.39 is 31.4 Å². The van der Waals surface area contributed by atoms with E-state index in [9.17, 15) is 23.3 Å². The van der Waals surface area contributed by atoms with Crippen LogP contribution in [0.5, 0.6) is 11.5 Å². The predicted octanol–water partition coefficient (Wildman–Crippen LogP) is 8.65. The molecule has 3 N–H and O–H groups in total. The number of aromatic nitrogens is 2. The van der Waals surface area contributed by atoms with Gasteiger partial charge in [-0.3, -0.25) is 24.7 Å². The second kappa shape index (κ2) is 17.7. The van der Waals surface area contributed by atoms with Crippen molar-refractivity contribution in [3.05, 3.63) is 118 Å². The van der Waals surface area contributed by atoms with Crippen molar-refractivity contribution in [2.24, 2.45) is 5.92 Å². The van der Waals surface area contributed by atoms with E-state index in [0.717, 1.165) is 74.5 Å². The number of benzene rings is 3. The summed E-state index contributed by atoms with van der Waals surface area (Å²) in [7, 11) is -4.53. The number of nitro groups is 1. The molecule has 3 saturated heterocycles. The molecule has 14 nitrogen and oxygen atoms in total. The SMILES string of the molecule is O=C(NS(=O)(=O)c1ccc(NCC2CCOCC2)c([N+](=O)[O-])c1)c1ccc(C2CCC(N3CC(N4CCCC4c4ccccc4C4CC4)C3)CC2)cc1Oc1cnc2[nH]ccc2c1. The highest BCUT2D eigenvalue weighted by Gasteiger charge is 2.43. The van der Waals surface area contributed by atoms with Gasteiger partial charge in [0.15, 0.2) is 0 Å². The lowest BCUT2D eigenvalue weighted by Gasteiger charge is -2.51. The summed E-state index contributed by atoms with van der Waals surface area (Å²) < 4.78 is 41.3. The Kier molecular flexibility index (Phi) is 11.7. The summed E-state index contributed by atoms with van der Waals surface area (Å²) in [5.41, 5.74) is 4.68. The minimum Gasteiger partial charge on any atom is -0.455 e. The fourth-order valence-corrected chi connectivity index (χ4v) is 11.5. The minimum atomic E-state index is -4.53. The van der Waals surface area contributed by atoms with E-state index in [1.54, 1.807) is 29.6 Å². The summed E-state index contributed by atoms with van der Waals surface area (Å²) in [6.07, 6.45) is 14.3. The zero-order valence-corrected chi connectivity index (χ0v) is 36.2. The third-order valence-electron chi connectivity index (χ3n) is 14.2. The Morgan fingerprint density at radius 1 is 0.889 bits per heavy atom. The highest BCUT2D eigenvalue weighted by atomic mass is 32.2. The standard InChI is InChI=1S/C48H55N7O7S/c56-48(52-63(59,60)39-14-16-43(45(26-39)55(57)58)50-27-31-18-22-61-23-19-31)42-15-11-34(25-46(42)62-38-24-35-17-20-49-47(35)51-28-38)32-9-12-36(13-10-32)53-29-37(30-53)54-21-3-6-44(54)41-5-2-1-4-40(41)33-7-8-33/h1-2,4-5,11,14-17,20,24-26,28,31-33,36-37,44,50H,3,6-10,12-13,18-19,21-23,27,29-30H2,(H,49,51)(H,52,56). The maximum Gasteiger partial charge on any atom is 0.293 e. The number of hydrogen-bond acceptors (Lipinski definition) is 11. The van der Waals surface area contributed by atoms with Gasteiger partial charge in [0.2, 0.25) is 0 Å². The van der Waals surface area contributed by atoms with Gasteiger partial charge in [-0.15, -0.1) is 0 Å². The number of hydrogen-bond donors (Lipinski definition) is 3. The van der Waals surface area contributed by atoms with Crippen molar-refractivity contribution in [2.45, 2.75) is 99.1 Å². The van der Waals surface area contributed by atoms with Crippen LogP contribution in [0.15, 0.2) is 90.1 Å². The average molecular weight is 874 g/mol. The number of rotatable bonds is 14. The number of carbonyl (C=O) groups excluding carboxylic acids is 1. The predicted molar refractivity (Wildman–Crippen MR) is 240 cm³/mol. The molecular weight excluding hydrogens is 819 g/mol. The van der Waals surface area contributed by atoms with Crippen molar-refractivity contribution >= 4 is 38.3 Å². The molecule has 2 saturated carbocycles. The normalized spacial score (nSPS) is 22.8. The number of likely N-dealkylation sites (tertiary alicyclic amines) is 2. The first-order valence-electron chi connectivity index (χ1n) is 22.7. The van der Waals surface area contributed by atoms with Crippen LogP contribution >= 0.6 is 0 Å². The minimum absolute atomic E-state index is 0.0148. The number of H-pyrrole nitrogens is 1. The molecule has 1 amide bonds. The van der Waals surface area contributed by atoms with Crippen LogP contribution in [0.3, 0.4) is 0 Å². The van der Waals surface area contributed by atoms with Crippen LogP contribution in [0.4, 0.5) is 11.4 Å². The Morgan fingerprint density at radius 3 is 2.44 bits per heavy atom. The Hall–Kier alpha value is -5.35. The summed E-state index contributed by atoms with van der Waals surface area (Å²) in [6, 6.07) is 23.5. The molecule has 10 rings (SSSR count). The largest absolute Gasteiger partial charge is 0.455 e. The average Bonchev–Trinajstić information content (AvgIpc) is 3.83. The van der Waals surface area contributed by atoms with Crippen LogP contribution in [0.2, 0.25) is 0 Å². The molecular formula is C48H55N7O7S. The summed E-state index contributed by atoms with van der Waals surface area (Å²) >= 11 is 0. The molecule has 5 heterocycles. The molecule has 63 heavy (non-hydrogen) atoms. The fourth-order valence-electron chi connectivity index (χ4n) is 10.5. The number of nitro benzene ring substituents is 1. The molecule has 3 aromatic carbocycles. The van der Waals surface area contributed by atoms with Crippen molar-refractivity contribution in [1.29, 1.82) is 0 Å². The maximum absolute atomic E-state index is 13.9. The molecule has 0 radical (unpaired) electrons. The number of amides is 1. The van der Waals surface area contributed by atoms with Crippen molar-refractivity contribution in [3.63, 3.8) is 0 Å². The van der Waals surface area contributed by atoms with E-state index in [1.165, 1.54) is 44.4 Å². The van der Waals surface area contributed by atoms with E-state index in [4.69, 9.17) is 9.47 Å². The van der Waals surface area contributed by atoms with Crippen molar-refractivity contribution in [2.75, 3.05) is 44.7 Å². The van der Waals surface area contributed by atoms with Crippen LogP contribution in [0.25, 0.3) is 11.0 Å². The molecule has 3 aliphatic heterocycles. The van der Waals surface area contributed by atoms with E-state index >= 15 is 0 Å². The first kappa shape index (κ1) is 41.6. The number of nitrogens with zero attached hydrogens (tertiary/aromatic N) is 4. The highest BCUT2D eigenvalue weighted by molar-refractivity contribution is 7.90. The Balaban J connectivity index is 0.819. The van der Waals surface area contributed by atoms with Gasteiger partial charge in [0.05, 0.1) is 21.6 Å². The first-order chi connectivity index (χ1) is 30.7. The van der Waals surface area contributed by atoms with Gasteiger partial charge in [-0.1, -0.05) is 30.3 Å². The van der Waals surface area contributed by atoms with Crippen LogP contribution in [-0.2, 0) is 14.8 Å². The van der Waals surface area contributed by atoms with Gasteiger partial charge in [-0.25, -0.2) is 18.1 Å². The van der Waals surface area contributed by atoms with Gasteiger partial charge in [0, 0.05) is 68.6 Å². The number of nitrogens with one attached hydrogen (secondary N) is 3. The zero-order chi connectivity index (χ0) is 43.1. The van der Waals surface area contributed by atoms with E-state index in [2.05, 4.69) is 54.1 Å². The summed E-state index contributed by atoms with van der Waals surface area (Å²) in [5, 5.41) is 16.0. The maximum atomic E-state index is 13.9. The van der Waals surface area contributed by atoms with E-state index in [1.807, 2.05) is 24.3 Å². The second-order valence-corrected chi connectivity index (χ2v) is 19.8. The van der Waals surface area contributed by atoms with Crippen LogP contribution in [0.1, 0.15) is 109 Å². The highest BCUT2D eigenvalue weighted by Crippen LogP contribution is 2.47. The Morgan fingerprint density at radius 2 is 1.67 bits per heavy atom. The lowest BCUT2D eigenvalue weighted by molar-refractivity contribution is -0.384. The second-order valence-electron chi connectivity index (χ2n) is 18.2. The van der Waals surface area contributed by atoms with Gasteiger partial charge in [-0.05, 0) is 142 Å². The number of anilines is 1. The molecule has 1 atom stereocenters. The van der Waals surface area contributed by atoms with Crippen LogP contribution in [-0.4, -0.2) is 90.5 Å². The van der Waals surface area contributed by atoms with Crippen molar-refractivity contribution < 1.29 is 27.6 Å². The summed E-state index contributed by atoms with van der Waals surface area (Å²) in [6.45, 7) is 5.18. The van der Waals surface area contributed by atoms with Crippen LogP contribution < -0.4 is 14.8 Å². The van der Waals surface area contributed by atoms with Gasteiger partial charge in [0.25, 0.3) is 21.6 Å². The van der Waals surface area contributed by atoms with Gasteiger partial charge in [0.1, 0.15) is 22.8 Å². The topological polar surface area (TPSA) is 172 Å². The molecule has 0 spiro atoms. The number of ether oxygens (including phenoxy) is 2. The molecule has 5 aromatic rings. The molecule has 330 valence electrons. The van der Waals surface area contributed by atoms with Crippen LogP contribution in [0, 0.1) is 16.0 Å². The molecule has 5 aliphatic rings. The van der Waals surface area contributed by atoms with E-state index in [0.29, 0.717) is 49.3 Å². The van der Waals surface area contributed by atoms with E-state index in [-0.39, 0.29) is 28.8 Å². The summed E-state index contributed by atoms with van der Waals surface area (Å²) in [4.78, 5) is 38.0. The van der Waals surface area contributed by atoms with Gasteiger partial charge < -0.3 is 19.8 Å². The number of pyridine rings is 1. The number of carbonyl (C=O) groups is 1. The van der Waals surface area contributed by atoms with Gasteiger partial charge in [-0.2, -0.15) is 0 Å². The molecule has 15 heteroatoms. The number of sulfonamides is 1. The number of fused-ring (bicyclic) bond motifs is 1. The quantitative estimate of drug-likeness (QED) is 0.0721. The molecule has 1 unspecified atom stereocenters. The smallest absolute Gasteiger partial charge is 0.293 e. The zero-order valence-electron chi connectivity index (χ0n) is 35.4. The molecule has 0 bridgehead atoms.